The third kappa shape index (κ3) is 5.25. The Morgan fingerprint density at radius 3 is 2.25 bits per heavy atom. The third-order valence-corrected chi connectivity index (χ3v) is 3.97. The normalized spacial score (nSPS) is 16.2. The molecule has 0 fully saturated rings. The molecule has 0 rings (SSSR count). The molecular weight excluding hydrogens is 230 g/mol. The van der Waals surface area contributed by atoms with Gasteiger partial charge in [0.05, 0.1) is 0 Å². The van der Waals surface area contributed by atoms with E-state index in [2.05, 4.69) is 5.32 Å². The number of aliphatic carboxylic acids is 1. The van der Waals surface area contributed by atoms with Crippen LogP contribution in [0.25, 0.3) is 0 Å². The maximum absolute atomic E-state index is 11.6. The summed E-state index contributed by atoms with van der Waals surface area (Å²) in [6, 6.07) is 0.0226. The van der Waals surface area contributed by atoms with Gasteiger partial charge in [0.2, 0.25) is 5.91 Å². The van der Waals surface area contributed by atoms with E-state index >= 15 is 0 Å². The highest BCUT2D eigenvalue weighted by Crippen LogP contribution is 2.03. The van der Waals surface area contributed by atoms with Gasteiger partial charge in [-0.05, 0) is 19.8 Å². The van der Waals surface area contributed by atoms with Crippen molar-refractivity contribution in [2.24, 2.45) is 0 Å². The van der Waals surface area contributed by atoms with Crippen LogP contribution in [0.4, 0.5) is 0 Å². The van der Waals surface area contributed by atoms with Gasteiger partial charge >= 0.3 is 5.97 Å². The molecule has 0 aromatic heterocycles. The lowest BCUT2D eigenvalue weighted by Gasteiger charge is -2.13. The van der Waals surface area contributed by atoms with Crippen molar-refractivity contribution in [1.82, 2.24) is 5.32 Å². The highest BCUT2D eigenvalue weighted by atomic mass is 32.2. The first-order valence-electron chi connectivity index (χ1n) is 5.31. The molecule has 5 nitrogen and oxygen atoms in total. The SMILES string of the molecule is CCC(C)NC(=O)CS(=O)C(CC)C(=O)O. The number of carboxylic acids is 1. The maximum Gasteiger partial charge on any atom is 0.319 e. The van der Waals surface area contributed by atoms with Crippen LogP contribution in [0.15, 0.2) is 0 Å². The number of hydrogen-bond donors (Lipinski definition) is 2. The van der Waals surface area contributed by atoms with Crippen molar-refractivity contribution in [2.75, 3.05) is 5.75 Å². The van der Waals surface area contributed by atoms with Crippen LogP contribution in [0.3, 0.4) is 0 Å². The fraction of sp³-hybridized carbons (Fsp3) is 0.800. The molecule has 1 amide bonds. The molecule has 0 saturated heterocycles. The largest absolute Gasteiger partial charge is 0.480 e. The van der Waals surface area contributed by atoms with Crippen LogP contribution in [0.2, 0.25) is 0 Å². The van der Waals surface area contributed by atoms with Gasteiger partial charge in [0.15, 0.2) is 0 Å². The summed E-state index contributed by atoms with van der Waals surface area (Å²) < 4.78 is 11.6. The van der Waals surface area contributed by atoms with Crippen LogP contribution in [-0.4, -0.2) is 38.2 Å². The Morgan fingerprint density at radius 2 is 1.88 bits per heavy atom. The fourth-order valence-corrected chi connectivity index (χ4v) is 2.26. The lowest BCUT2D eigenvalue weighted by molar-refractivity contribution is -0.136. The molecule has 0 bridgehead atoms. The van der Waals surface area contributed by atoms with Crippen molar-refractivity contribution >= 4 is 22.7 Å². The zero-order valence-corrected chi connectivity index (χ0v) is 10.7. The summed E-state index contributed by atoms with van der Waals surface area (Å²) >= 11 is 0. The van der Waals surface area contributed by atoms with E-state index in [-0.39, 0.29) is 24.1 Å². The van der Waals surface area contributed by atoms with E-state index in [4.69, 9.17) is 5.11 Å². The Balaban J connectivity index is 4.22. The van der Waals surface area contributed by atoms with Crippen LogP contribution >= 0.6 is 0 Å². The number of carbonyl (C=O) groups excluding carboxylic acids is 1. The molecule has 0 aromatic rings. The summed E-state index contributed by atoms with van der Waals surface area (Å²) in [6.07, 6.45) is 1.05. The Bertz CT molecular complexity index is 280. The topological polar surface area (TPSA) is 83.5 Å². The van der Waals surface area contributed by atoms with Gasteiger partial charge < -0.3 is 10.4 Å². The minimum atomic E-state index is -1.65. The molecule has 94 valence electrons. The molecule has 0 spiro atoms. The fourth-order valence-electron chi connectivity index (χ4n) is 1.12. The van der Waals surface area contributed by atoms with Gasteiger partial charge in [-0.3, -0.25) is 13.8 Å². The Hall–Kier alpha value is -0.910. The van der Waals surface area contributed by atoms with Gasteiger partial charge in [0.25, 0.3) is 0 Å². The monoisotopic (exact) mass is 249 g/mol. The van der Waals surface area contributed by atoms with Gasteiger partial charge in [-0.2, -0.15) is 0 Å². The lowest BCUT2D eigenvalue weighted by Crippen LogP contribution is -2.38. The molecule has 3 unspecified atom stereocenters. The van der Waals surface area contributed by atoms with E-state index < -0.39 is 22.0 Å². The molecule has 0 aliphatic carbocycles. The van der Waals surface area contributed by atoms with Gasteiger partial charge in [-0.25, -0.2) is 0 Å². The van der Waals surface area contributed by atoms with Crippen LogP contribution < -0.4 is 5.32 Å². The molecular formula is C10H19NO4S. The number of nitrogens with one attached hydrogen (secondary N) is 1. The molecule has 2 N–H and O–H groups in total. The average Bonchev–Trinajstić information content (AvgIpc) is 2.17. The van der Waals surface area contributed by atoms with Crippen LogP contribution in [0.5, 0.6) is 0 Å². The average molecular weight is 249 g/mol. The summed E-state index contributed by atoms with van der Waals surface area (Å²) in [4.78, 5) is 22.1. The summed E-state index contributed by atoms with van der Waals surface area (Å²) in [5, 5.41) is 10.5. The third-order valence-electron chi connectivity index (χ3n) is 2.26. The highest BCUT2D eigenvalue weighted by molar-refractivity contribution is 7.87. The zero-order valence-electron chi connectivity index (χ0n) is 9.86. The van der Waals surface area contributed by atoms with E-state index in [0.29, 0.717) is 0 Å². The van der Waals surface area contributed by atoms with Crippen molar-refractivity contribution in [3.05, 3.63) is 0 Å². The van der Waals surface area contributed by atoms with E-state index in [1.54, 1.807) is 6.92 Å². The molecule has 0 saturated carbocycles. The predicted octanol–water partition coefficient (Wildman–Crippen LogP) is 0.513. The zero-order chi connectivity index (χ0) is 12.7. The number of carbonyl (C=O) groups is 2. The second-order valence-corrected chi connectivity index (χ2v) is 5.26. The summed E-state index contributed by atoms with van der Waals surface area (Å²) in [5.41, 5.74) is 0. The van der Waals surface area contributed by atoms with Crippen molar-refractivity contribution in [2.45, 2.75) is 44.9 Å². The van der Waals surface area contributed by atoms with Crippen molar-refractivity contribution in [3.8, 4) is 0 Å². The number of carboxylic acid groups (broad SMARTS) is 1. The first kappa shape index (κ1) is 15.1. The van der Waals surface area contributed by atoms with Gasteiger partial charge in [0, 0.05) is 16.8 Å². The Morgan fingerprint density at radius 1 is 1.31 bits per heavy atom. The van der Waals surface area contributed by atoms with E-state index in [0.717, 1.165) is 6.42 Å². The number of hydrogen-bond acceptors (Lipinski definition) is 3. The van der Waals surface area contributed by atoms with E-state index in [1.807, 2.05) is 13.8 Å². The molecule has 0 aromatic carbocycles. The highest BCUT2D eigenvalue weighted by Gasteiger charge is 2.24. The second kappa shape index (κ2) is 7.38. The maximum atomic E-state index is 11.6. The quantitative estimate of drug-likeness (QED) is 0.688. The van der Waals surface area contributed by atoms with Crippen molar-refractivity contribution in [3.63, 3.8) is 0 Å². The Kier molecular flexibility index (Phi) is 6.96. The minimum absolute atomic E-state index is 0.0226. The molecule has 16 heavy (non-hydrogen) atoms. The molecule has 0 heterocycles. The standard InChI is InChI=1S/C10H19NO4S/c1-4-7(3)11-9(12)6-16(15)8(5-2)10(13)14/h7-8H,4-6H2,1-3H3,(H,11,12)(H,13,14). The first-order valence-corrected chi connectivity index (χ1v) is 6.69. The van der Waals surface area contributed by atoms with Crippen LogP contribution in [0, 0.1) is 0 Å². The van der Waals surface area contributed by atoms with Crippen molar-refractivity contribution in [1.29, 1.82) is 0 Å². The molecule has 6 heteroatoms. The van der Waals surface area contributed by atoms with E-state index in [1.165, 1.54) is 0 Å². The lowest BCUT2D eigenvalue weighted by atomic mass is 10.3. The molecule has 3 atom stereocenters. The van der Waals surface area contributed by atoms with Gasteiger partial charge in [-0.1, -0.05) is 13.8 Å². The molecule has 0 radical (unpaired) electrons. The summed E-state index contributed by atoms with van der Waals surface area (Å²) in [6.45, 7) is 5.41. The molecule has 0 aliphatic heterocycles. The summed E-state index contributed by atoms with van der Waals surface area (Å²) in [7, 11) is -1.65. The van der Waals surface area contributed by atoms with Crippen LogP contribution in [0.1, 0.15) is 33.6 Å². The van der Waals surface area contributed by atoms with E-state index in [9.17, 15) is 13.8 Å². The first-order chi connectivity index (χ1) is 7.42. The van der Waals surface area contributed by atoms with Crippen LogP contribution in [-0.2, 0) is 20.4 Å². The van der Waals surface area contributed by atoms with Gasteiger partial charge in [0.1, 0.15) is 11.0 Å². The molecule has 0 aliphatic rings. The predicted molar refractivity (Wildman–Crippen MR) is 62.6 cm³/mol. The van der Waals surface area contributed by atoms with Gasteiger partial charge in [-0.15, -0.1) is 0 Å². The Labute approximate surface area is 98.1 Å². The number of amides is 1. The number of rotatable bonds is 7. The second-order valence-electron chi connectivity index (χ2n) is 3.64. The minimum Gasteiger partial charge on any atom is -0.480 e. The van der Waals surface area contributed by atoms with Crippen molar-refractivity contribution < 1.29 is 18.9 Å². The summed E-state index contributed by atoms with van der Waals surface area (Å²) in [5.74, 6) is -1.71. The smallest absolute Gasteiger partial charge is 0.319 e.